The Morgan fingerprint density at radius 1 is 1.00 bits per heavy atom. The number of hydrogen-bond donors (Lipinski definition) is 2. The molecular formula is C25H35N3O4Sn. The van der Waals surface area contributed by atoms with Gasteiger partial charge >= 0.3 is 201 Å². The van der Waals surface area contributed by atoms with Crippen molar-refractivity contribution in [2.24, 2.45) is 5.41 Å². The molecule has 7 nitrogen and oxygen atoms in total. The van der Waals surface area contributed by atoms with Crippen LogP contribution in [0.25, 0.3) is 0 Å². The summed E-state index contributed by atoms with van der Waals surface area (Å²) in [6.07, 6.45) is 0.152. The van der Waals surface area contributed by atoms with Crippen LogP contribution in [-0.2, 0) is 14.4 Å². The molecule has 0 radical (unpaired) electrons. The Kier molecular flexibility index (Phi) is 8.94. The SMILES string of the molecule is Cc1cccc(NC(=O)NCC(=O)N(OC(=O)CC(C)(C)C)c2cccc[c]2[Sn]([CH3])([CH3])[CH3])c1. The molecular weight excluding hydrogens is 525 g/mol. The van der Waals surface area contributed by atoms with Gasteiger partial charge in [-0.25, -0.2) is 0 Å². The third-order valence-electron chi connectivity index (χ3n) is 4.70. The van der Waals surface area contributed by atoms with Crippen LogP contribution in [-0.4, -0.2) is 42.8 Å². The van der Waals surface area contributed by atoms with E-state index in [0.717, 1.165) is 14.2 Å². The zero-order valence-corrected chi connectivity index (χ0v) is 23.5. The summed E-state index contributed by atoms with van der Waals surface area (Å²) in [6, 6.07) is 14.3. The molecule has 8 heteroatoms. The van der Waals surface area contributed by atoms with Crippen LogP contribution in [0.2, 0.25) is 14.8 Å². The van der Waals surface area contributed by atoms with E-state index >= 15 is 0 Å². The Bertz CT molecular complexity index is 1010. The van der Waals surface area contributed by atoms with Gasteiger partial charge in [0.05, 0.1) is 0 Å². The molecule has 0 unspecified atom stereocenters. The molecule has 2 aromatic carbocycles. The van der Waals surface area contributed by atoms with Gasteiger partial charge in [0, 0.05) is 0 Å². The van der Waals surface area contributed by atoms with Crippen LogP contribution in [0.15, 0.2) is 48.5 Å². The fourth-order valence-corrected chi connectivity index (χ4v) is 7.63. The van der Waals surface area contributed by atoms with E-state index in [1.807, 2.05) is 64.1 Å². The van der Waals surface area contributed by atoms with Crippen molar-refractivity contribution in [3.8, 4) is 0 Å². The van der Waals surface area contributed by atoms with Crippen molar-refractivity contribution < 1.29 is 19.2 Å². The number of nitrogens with one attached hydrogen (secondary N) is 2. The summed E-state index contributed by atoms with van der Waals surface area (Å²) in [7, 11) is 0. The van der Waals surface area contributed by atoms with E-state index in [1.54, 1.807) is 12.1 Å². The molecule has 2 rings (SSSR count). The van der Waals surface area contributed by atoms with E-state index in [-0.39, 0.29) is 18.4 Å². The third-order valence-corrected chi connectivity index (χ3v) is 10.5. The van der Waals surface area contributed by atoms with E-state index < -0.39 is 36.3 Å². The van der Waals surface area contributed by atoms with Gasteiger partial charge in [0.15, 0.2) is 0 Å². The maximum atomic E-state index is 13.2. The number of amides is 3. The topological polar surface area (TPSA) is 87.7 Å². The molecule has 0 saturated heterocycles. The van der Waals surface area contributed by atoms with Crippen LogP contribution >= 0.6 is 0 Å². The summed E-state index contributed by atoms with van der Waals surface area (Å²) >= 11 is -2.67. The summed E-state index contributed by atoms with van der Waals surface area (Å²) in [5, 5.41) is 6.33. The molecule has 0 aliphatic rings. The summed E-state index contributed by atoms with van der Waals surface area (Å²) in [5.41, 5.74) is 1.90. The number of hydroxylamine groups is 1. The Labute approximate surface area is 200 Å². The molecule has 0 atom stereocenters. The standard InChI is InChI=1S/C22H26N3O4.3CH3.Sn/c1-16-9-8-10-17(13-16)24-21(28)23-15-19(26)25(18-11-6-5-7-12-18)29-20(27)14-22(2,3)4;;;;/h5-11,13H,14-15H2,1-4H3,(H2,23,24,28);3*1H3;. The average Bonchev–Trinajstić information content (AvgIpc) is 2.68. The van der Waals surface area contributed by atoms with E-state index in [4.69, 9.17) is 4.84 Å². The van der Waals surface area contributed by atoms with E-state index in [9.17, 15) is 14.4 Å². The first-order valence-corrected chi connectivity index (χ1v) is 21.0. The van der Waals surface area contributed by atoms with Crippen LogP contribution in [0.1, 0.15) is 32.8 Å². The van der Waals surface area contributed by atoms with Crippen molar-refractivity contribution >= 4 is 51.2 Å². The second-order valence-corrected chi connectivity index (χ2v) is 24.7. The van der Waals surface area contributed by atoms with Crippen LogP contribution in [0.3, 0.4) is 0 Å². The zero-order valence-electron chi connectivity index (χ0n) is 20.6. The van der Waals surface area contributed by atoms with E-state index in [1.165, 1.54) is 0 Å². The summed E-state index contributed by atoms with van der Waals surface area (Å²) in [6.45, 7) is 7.38. The molecule has 33 heavy (non-hydrogen) atoms. The molecule has 0 fully saturated rings. The average molecular weight is 560 g/mol. The summed E-state index contributed by atoms with van der Waals surface area (Å²) in [5.74, 6) is -1.03. The first kappa shape index (κ1) is 26.7. The number of hydrogen-bond acceptors (Lipinski definition) is 4. The maximum absolute atomic E-state index is 13.2. The Balaban J connectivity index is 2.22. The van der Waals surface area contributed by atoms with Crippen molar-refractivity contribution in [3.63, 3.8) is 0 Å². The predicted molar refractivity (Wildman–Crippen MR) is 135 cm³/mol. The molecule has 3 amide bonds. The molecule has 0 heterocycles. The Hall–Kier alpha value is -2.55. The van der Waals surface area contributed by atoms with Crippen molar-refractivity contribution in [2.45, 2.75) is 48.9 Å². The molecule has 0 aliphatic carbocycles. The number of benzene rings is 2. The van der Waals surface area contributed by atoms with Gasteiger partial charge in [0.25, 0.3) is 0 Å². The number of nitrogens with zero attached hydrogens (tertiary/aromatic N) is 1. The van der Waals surface area contributed by atoms with Crippen molar-refractivity contribution in [1.29, 1.82) is 0 Å². The zero-order chi connectivity index (χ0) is 24.8. The van der Waals surface area contributed by atoms with Gasteiger partial charge in [-0.1, -0.05) is 0 Å². The Morgan fingerprint density at radius 2 is 1.67 bits per heavy atom. The Morgan fingerprint density at radius 3 is 2.27 bits per heavy atom. The first-order chi connectivity index (χ1) is 15.3. The van der Waals surface area contributed by atoms with Crippen LogP contribution in [0, 0.1) is 12.3 Å². The third kappa shape index (κ3) is 8.72. The number of aryl methyl sites for hydroxylation is 1. The number of anilines is 2. The molecule has 0 aliphatic heterocycles. The number of urea groups is 1. The molecule has 2 aromatic rings. The van der Waals surface area contributed by atoms with Gasteiger partial charge in [0.2, 0.25) is 0 Å². The van der Waals surface area contributed by atoms with Gasteiger partial charge in [-0.05, 0) is 0 Å². The second kappa shape index (κ2) is 11.0. The molecule has 0 spiro atoms. The predicted octanol–water partition coefficient (Wildman–Crippen LogP) is 4.59. The van der Waals surface area contributed by atoms with Gasteiger partial charge in [0.1, 0.15) is 0 Å². The van der Waals surface area contributed by atoms with Gasteiger partial charge < -0.3 is 0 Å². The monoisotopic (exact) mass is 561 g/mol. The minimum absolute atomic E-state index is 0.152. The van der Waals surface area contributed by atoms with Gasteiger partial charge in [-0.2, -0.15) is 0 Å². The quantitative estimate of drug-likeness (QED) is 0.400. The fourth-order valence-electron chi connectivity index (χ4n) is 3.21. The summed E-state index contributed by atoms with van der Waals surface area (Å²) < 4.78 is 1.05. The van der Waals surface area contributed by atoms with Crippen molar-refractivity contribution in [1.82, 2.24) is 5.32 Å². The van der Waals surface area contributed by atoms with Crippen LogP contribution in [0.5, 0.6) is 0 Å². The molecule has 2 N–H and O–H groups in total. The first-order valence-electron chi connectivity index (χ1n) is 11.0. The van der Waals surface area contributed by atoms with Crippen LogP contribution in [0.4, 0.5) is 16.2 Å². The number of carbonyl (C=O) groups is 3. The van der Waals surface area contributed by atoms with Crippen molar-refractivity contribution in [3.05, 3.63) is 54.1 Å². The summed E-state index contributed by atoms with van der Waals surface area (Å²) in [4.78, 5) is 50.4. The molecule has 0 aromatic heterocycles. The van der Waals surface area contributed by atoms with Crippen molar-refractivity contribution in [2.75, 3.05) is 16.9 Å². The molecule has 0 bridgehead atoms. The number of rotatable bonds is 6. The number of para-hydroxylation sites is 1. The van der Waals surface area contributed by atoms with Crippen LogP contribution < -0.4 is 19.3 Å². The molecule has 178 valence electrons. The second-order valence-electron chi connectivity index (χ2n) is 10.3. The van der Waals surface area contributed by atoms with E-state index in [2.05, 4.69) is 25.5 Å². The fraction of sp³-hybridized carbons (Fsp3) is 0.400. The minimum atomic E-state index is -2.67. The number of carbonyl (C=O) groups excluding carboxylic acids is 3. The normalized spacial score (nSPS) is 11.5. The van der Waals surface area contributed by atoms with Gasteiger partial charge in [-0.15, -0.1) is 0 Å². The molecule has 0 saturated carbocycles. The van der Waals surface area contributed by atoms with Gasteiger partial charge in [-0.3, -0.25) is 0 Å². The van der Waals surface area contributed by atoms with E-state index in [0.29, 0.717) is 11.4 Å².